The molecular formula is C5HCl4F5. The van der Waals surface area contributed by atoms with Gasteiger partial charge < -0.3 is 0 Å². The van der Waals surface area contributed by atoms with Crippen LogP contribution in [0.3, 0.4) is 0 Å². The second-order valence-electron chi connectivity index (χ2n) is 2.76. The predicted octanol–water partition coefficient (Wildman–Crippen LogP) is 3.96. The minimum atomic E-state index is -4.32. The highest BCUT2D eigenvalue weighted by Crippen LogP contribution is 2.67. The van der Waals surface area contributed by atoms with Crippen LogP contribution in [-0.4, -0.2) is 26.7 Å². The van der Waals surface area contributed by atoms with Crippen molar-refractivity contribution in [2.45, 2.75) is 26.7 Å². The quantitative estimate of drug-likeness (QED) is 0.469. The van der Waals surface area contributed by atoms with Crippen molar-refractivity contribution < 1.29 is 22.0 Å². The van der Waals surface area contributed by atoms with Crippen molar-refractivity contribution in [3.8, 4) is 0 Å². The summed E-state index contributed by atoms with van der Waals surface area (Å²) >= 11 is 18.3. The first-order valence-electron chi connectivity index (χ1n) is 3.06. The summed E-state index contributed by atoms with van der Waals surface area (Å²) in [6.07, 6.45) is -3.55. The zero-order chi connectivity index (χ0) is 11.6. The van der Waals surface area contributed by atoms with E-state index in [9.17, 15) is 22.0 Å². The van der Waals surface area contributed by atoms with E-state index in [-0.39, 0.29) is 0 Å². The Morgan fingerprint density at radius 1 is 0.714 bits per heavy atom. The Labute approximate surface area is 95.2 Å². The van der Waals surface area contributed by atoms with E-state index in [1.165, 1.54) is 0 Å². The second kappa shape index (κ2) is 2.93. The topological polar surface area (TPSA) is 0 Å². The van der Waals surface area contributed by atoms with Crippen molar-refractivity contribution >= 4 is 46.4 Å². The van der Waals surface area contributed by atoms with Gasteiger partial charge in [0.15, 0.2) is 0 Å². The summed E-state index contributed by atoms with van der Waals surface area (Å²) in [5.74, 6) is 0. The Morgan fingerprint density at radius 3 is 1.00 bits per heavy atom. The Morgan fingerprint density at radius 2 is 0.929 bits per heavy atom. The van der Waals surface area contributed by atoms with Crippen LogP contribution in [0.1, 0.15) is 0 Å². The molecule has 0 amide bonds. The van der Waals surface area contributed by atoms with Crippen LogP contribution in [0.25, 0.3) is 0 Å². The van der Waals surface area contributed by atoms with Gasteiger partial charge in [-0.25, -0.2) is 22.0 Å². The lowest BCUT2D eigenvalue weighted by molar-refractivity contribution is 0.0223. The van der Waals surface area contributed by atoms with Gasteiger partial charge in [0.2, 0.25) is 6.17 Å². The highest BCUT2D eigenvalue weighted by molar-refractivity contribution is 6.44. The average Bonchev–Trinajstić information content (AvgIpc) is 2.05. The first kappa shape index (κ1) is 12.9. The van der Waals surface area contributed by atoms with Crippen LogP contribution in [-0.2, 0) is 0 Å². The lowest BCUT2D eigenvalue weighted by atomic mass is 10.2. The molecule has 1 saturated carbocycles. The average molecular weight is 298 g/mol. The normalized spacial score (nSPS) is 64.5. The number of rotatable bonds is 0. The lowest BCUT2D eigenvalue weighted by Gasteiger charge is -2.27. The third-order valence-corrected chi connectivity index (χ3v) is 4.13. The van der Waals surface area contributed by atoms with Crippen LogP contribution >= 0.6 is 46.4 Å². The van der Waals surface area contributed by atoms with Crippen LogP contribution in [0.4, 0.5) is 22.0 Å². The van der Waals surface area contributed by atoms with Crippen molar-refractivity contribution in [2.24, 2.45) is 0 Å². The molecule has 0 nitrogen and oxygen atoms in total. The van der Waals surface area contributed by atoms with Gasteiger partial charge >= 0.3 is 0 Å². The summed E-state index contributed by atoms with van der Waals surface area (Å²) in [5.41, 5.74) is 0. The van der Waals surface area contributed by atoms with Gasteiger partial charge in [-0.1, -0.05) is 46.4 Å². The number of halogens is 9. The van der Waals surface area contributed by atoms with E-state index in [0.29, 0.717) is 0 Å². The maximum Gasteiger partial charge on any atom is 0.286 e. The molecule has 1 unspecified atom stereocenters. The Balaban J connectivity index is 3.38. The minimum absolute atomic E-state index is 3.55. The molecule has 1 fully saturated rings. The first-order chi connectivity index (χ1) is 5.90. The third kappa shape index (κ3) is 1.13. The molecular weight excluding hydrogens is 297 g/mol. The predicted molar refractivity (Wildman–Crippen MR) is 43.7 cm³/mol. The van der Waals surface area contributed by atoms with Gasteiger partial charge in [-0.15, -0.1) is 0 Å². The largest absolute Gasteiger partial charge is 0.286 e. The fraction of sp³-hybridized carbons (Fsp3) is 1.00. The van der Waals surface area contributed by atoms with E-state index in [1.807, 2.05) is 0 Å². The standard InChI is InChI=1S/C5HCl4F5/c6-2(11)1(10)3(7,12)5(9,14)4(2,8)13/h1H/t1?,2-,3-,4-,5+/m1/s1. The molecule has 0 spiro atoms. The summed E-state index contributed by atoms with van der Waals surface area (Å²) in [6.45, 7) is 0. The van der Waals surface area contributed by atoms with Gasteiger partial charge in [-0.2, -0.15) is 0 Å². The van der Waals surface area contributed by atoms with Gasteiger partial charge in [-0.3, -0.25) is 0 Å². The zero-order valence-corrected chi connectivity index (χ0v) is 9.00. The number of hydrogen-bond acceptors (Lipinski definition) is 0. The molecule has 1 aliphatic carbocycles. The highest BCUT2D eigenvalue weighted by atomic mass is 35.5. The zero-order valence-electron chi connectivity index (χ0n) is 5.98. The molecule has 0 aromatic rings. The summed E-state index contributed by atoms with van der Waals surface area (Å²) in [4.78, 5) is 0. The van der Waals surface area contributed by atoms with E-state index in [0.717, 1.165) is 0 Å². The molecule has 14 heavy (non-hydrogen) atoms. The van der Waals surface area contributed by atoms with Crippen LogP contribution in [0.5, 0.6) is 0 Å². The molecule has 1 aliphatic rings. The summed E-state index contributed by atoms with van der Waals surface area (Å²) in [5, 5.41) is -17.0. The van der Waals surface area contributed by atoms with Crippen molar-refractivity contribution in [1.29, 1.82) is 0 Å². The number of hydrogen-bond donors (Lipinski definition) is 0. The van der Waals surface area contributed by atoms with Gasteiger partial charge in [0.25, 0.3) is 20.5 Å². The fourth-order valence-corrected chi connectivity index (χ4v) is 2.14. The summed E-state index contributed by atoms with van der Waals surface area (Å²) in [6, 6.07) is 0. The molecule has 0 aliphatic heterocycles. The van der Waals surface area contributed by atoms with E-state index in [2.05, 4.69) is 46.4 Å². The highest BCUT2D eigenvalue weighted by Gasteiger charge is 2.88. The fourth-order valence-electron chi connectivity index (χ4n) is 0.965. The summed E-state index contributed by atoms with van der Waals surface area (Å²) < 4.78 is 65.0. The second-order valence-corrected chi connectivity index (χ2v) is 4.90. The van der Waals surface area contributed by atoms with E-state index in [4.69, 9.17) is 0 Å². The van der Waals surface area contributed by atoms with Crippen LogP contribution in [0.2, 0.25) is 0 Å². The smallest absolute Gasteiger partial charge is 0.237 e. The van der Waals surface area contributed by atoms with Crippen molar-refractivity contribution in [2.75, 3.05) is 0 Å². The Hall–Kier alpha value is 0.810. The number of alkyl halides is 9. The maximum absolute atomic E-state index is 13.1. The first-order valence-corrected chi connectivity index (χ1v) is 4.57. The van der Waals surface area contributed by atoms with Gasteiger partial charge in [0, 0.05) is 0 Å². The summed E-state index contributed by atoms with van der Waals surface area (Å²) in [7, 11) is 0. The Kier molecular flexibility index (Phi) is 2.70. The van der Waals surface area contributed by atoms with E-state index in [1.54, 1.807) is 0 Å². The van der Waals surface area contributed by atoms with Gasteiger partial charge in [0.1, 0.15) is 0 Å². The molecule has 0 heterocycles. The molecule has 0 radical (unpaired) electrons. The third-order valence-electron chi connectivity index (χ3n) is 1.87. The van der Waals surface area contributed by atoms with Crippen molar-refractivity contribution in [3.05, 3.63) is 0 Å². The van der Waals surface area contributed by atoms with Crippen LogP contribution in [0.15, 0.2) is 0 Å². The van der Waals surface area contributed by atoms with Gasteiger partial charge in [0.05, 0.1) is 0 Å². The van der Waals surface area contributed by atoms with E-state index < -0.39 is 26.7 Å². The Bertz CT molecular complexity index is 237. The minimum Gasteiger partial charge on any atom is -0.237 e. The molecule has 0 saturated heterocycles. The molecule has 0 aromatic carbocycles. The lowest BCUT2D eigenvalue weighted by Crippen LogP contribution is -2.48. The van der Waals surface area contributed by atoms with Crippen molar-refractivity contribution in [1.82, 2.24) is 0 Å². The van der Waals surface area contributed by atoms with Gasteiger partial charge in [-0.05, 0) is 0 Å². The molecule has 0 bridgehead atoms. The molecule has 5 atom stereocenters. The monoisotopic (exact) mass is 296 g/mol. The van der Waals surface area contributed by atoms with Crippen molar-refractivity contribution in [3.63, 3.8) is 0 Å². The maximum atomic E-state index is 13.1. The molecule has 84 valence electrons. The SMILES string of the molecule is FC1[C@](F)(Cl)[C@@](F)(Cl)[C@@](F)(Cl)[C@@]1(F)Cl. The van der Waals surface area contributed by atoms with Crippen LogP contribution in [0, 0.1) is 0 Å². The molecule has 0 aromatic heterocycles. The molecule has 0 N–H and O–H groups in total. The molecule has 9 heteroatoms. The van der Waals surface area contributed by atoms with E-state index >= 15 is 0 Å². The van der Waals surface area contributed by atoms with Crippen LogP contribution < -0.4 is 0 Å². The molecule has 1 rings (SSSR count).